The third-order valence-corrected chi connectivity index (χ3v) is 5.83. The van der Waals surface area contributed by atoms with Crippen LogP contribution in [-0.2, 0) is 17.6 Å². The topological polar surface area (TPSA) is 92.3 Å². The number of ketones is 1. The highest BCUT2D eigenvalue weighted by atomic mass is 32.2. The van der Waals surface area contributed by atoms with E-state index in [1.54, 1.807) is 12.1 Å². The maximum atomic E-state index is 12.6. The number of oxazole rings is 1. The van der Waals surface area contributed by atoms with Crippen molar-refractivity contribution in [2.24, 2.45) is 0 Å². The molecule has 1 aliphatic heterocycles. The Morgan fingerprint density at radius 1 is 1.17 bits per heavy atom. The average Bonchev–Trinajstić information content (AvgIpc) is 3.28. The van der Waals surface area contributed by atoms with Crippen molar-refractivity contribution in [2.45, 2.75) is 31.4 Å². The molecule has 0 saturated carbocycles. The minimum absolute atomic E-state index is 0.0175. The molecule has 1 aliphatic rings. The number of amides is 1. The molecule has 3 aromatic rings. The molecule has 1 atom stereocenters. The van der Waals surface area contributed by atoms with Crippen molar-refractivity contribution in [2.75, 3.05) is 0 Å². The zero-order valence-corrected chi connectivity index (χ0v) is 17.1. The van der Waals surface area contributed by atoms with E-state index in [4.69, 9.17) is 4.42 Å². The molecule has 0 aliphatic carbocycles. The molecular formula is C22H20N3O4S+. The molecule has 30 heavy (non-hydrogen) atoms. The first-order valence-corrected chi connectivity index (χ1v) is 10.4. The number of aryl methyl sites for hydroxylation is 2. The number of hydrazine groups is 1. The summed E-state index contributed by atoms with van der Waals surface area (Å²) in [6, 6.07) is 16.8. The number of rotatable bonds is 7. The summed E-state index contributed by atoms with van der Waals surface area (Å²) < 4.78 is 6.22. The predicted molar refractivity (Wildman–Crippen MR) is 113 cm³/mol. The first-order chi connectivity index (χ1) is 14.5. The van der Waals surface area contributed by atoms with Gasteiger partial charge in [0.25, 0.3) is 17.9 Å². The van der Waals surface area contributed by atoms with Gasteiger partial charge in [0, 0.05) is 24.0 Å². The zero-order chi connectivity index (χ0) is 21.1. The van der Waals surface area contributed by atoms with Crippen LogP contribution in [0.2, 0.25) is 0 Å². The molecule has 0 spiro atoms. The average molecular weight is 422 g/mol. The number of carbonyl (C=O) groups is 2. The Balaban J connectivity index is 1.36. The van der Waals surface area contributed by atoms with Gasteiger partial charge < -0.3 is 4.42 Å². The van der Waals surface area contributed by atoms with Gasteiger partial charge in [0.05, 0.1) is 10.6 Å². The summed E-state index contributed by atoms with van der Waals surface area (Å²) in [7, 11) is 0. The number of carbonyl (C=O) groups excluding carboxylic acids is 2. The molecule has 1 unspecified atom stereocenters. The number of Topliss-reactive ketones (excluding diaryl/α,β-unsaturated/α-hetero) is 1. The Morgan fingerprint density at radius 3 is 2.57 bits per heavy atom. The minimum Gasteiger partial charge on any atom is -0.441 e. The van der Waals surface area contributed by atoms with E-state index in [2.05, 4.69) is 10.4 Å². The van der Waals surface area contributed by atoms with E-state index in [0.29, 0.717) is 35.0 Å². The van der Waals surface area contributed by atoms with E-state index in [1.807, 2.05) is 49.4 Å². The zero-order valence-electron chi connectivity index (χ0n) is 16.3. The van der Waals surface area contributed by atoms with Crippen molar-refractivity contribution in [3.63, 3.8) is 0 Å². The van der Waals surface area contributed by atoms with Crippen molar-refractivity contribution >= 4 is 23.6 Å². The van der Waals surface area contributed by atoms with E-state index in [1.165, 1.54) is 0 Å². The first-order valence-electron chi connectivity index (χ1n) is 9.58. The van der Waals surface area contributed by atoms with Crippen LogP contribution in [0.25, 0.3) is 11.5 Å². The lowest BCUT2D eigenvalue weighted by Gasteiger charge is -2.04. The van der Waals surface area contributed by atoms with Gasteiger partial charge in [-0.15, -0.1) is 0 Å². The lowest BCUT2D eigenvalue weighted by molar-refractivity contribution is -0.420. The number of nitrogens with zero attached hydrogens (tertiary/aromatic N) is 2. The van der Waals surface area contributed by atoms with Crippen molar-refractivity contribution < 1.29 is 18.3 Å². The number of hydrogen-bond donors (Lipinski definition) is 1. The van der Waals surface area contributed by atoms with Gasteiger partial charge in [0.1, 0.15) is 5.76 Å². The van der Waals surface area contributed by atoms with Crippen molar-refractivity contribution in [1.82, 2.24) is 10.4 Å². The summed E-state index contributed by atoms with van der Waals surface area (Å²) in [4.78, 5) is 40.0. The Kier molecular flexibility index (Phi) is 5.76. The van der Waals surface area contributed by atoms with Gasteiger partial charge in [-0.2, -0.15) is 0 Å². The summed E-state index contributed by atoms with van der Waals surface area (Å²) in [6.07, 6.45) is 1.26. The maximum absolute atomic E-state index is 12.6. The Morgan fingerprint density at radius 2 is 1.90 bits per heavy atom. The summed E-state index contributed by atoms with van der Waals surface area (Å²) in [5.74, 6) is 0.999. The van der Waals surface area contributed by atoms with E-state index >= 15 is 0 Å². The SMILES string of the molecule is Cc1oc(-c2ccccc2)nc1CCC(=O)c1ccc(CC2S[N+](=O)NC2=O)cc1. The smallest absolute Gasteiger partial charge is 0.300 e. The predicted octanol–water partition coefficient (Wildman–Crippen LogP) is 3.85. The molecule has 1 N–H and O–H groups in total. The van der Waals surface area contributed by atoms with Gasteiger partial charge in [-0.05, 0) is 31.0 Å². The molecule has 8 heteroatoms. The summed E-state index contributed by atoms with van der Waals surface area (Å²) in [5, 5.41) is -0.446. The highest BCUT2D eigenvalue weighted by Crippen LogP contribution is 2.24. The molecule has 7 nitrogen and oxygen atoms in total. The summed E-state index contributed by atoms with van der Waals surface area (Å²) in [6.45, 7) is 1.86. The molecular weight excluding hydrogens is 402 g/mol. The van der Waals surface area contributed by atoms with Crippen LogP contribution in [-0.4, -0.2) is 26.2 Å². The van der Waals surface area contributed by atoms with E-state index in [0.717, 1.165) is 34.5 Å². The van der Waals surface area contributed by atoms with Gasteiger partial charge in [-0.25, -0.2) is 4.98 Å². The van der Waals surface area contributed by atoms with Gasteiger partial charge in [-0.1, -0.05) is 47.9 Å². The molecule has 1 fully saturated rings. The van der Waals surface area contributed by atoms with Crippen LogP contribution in [0.1, 0.15) is 33.8 Å². The third kappa shape index (κ3) is 4.49. The second-order valence-corrected chi connectivity index (χ2v) is 8.15. The molecule has 2 aromatic carbocycles. The fourth-order valence-electron chi connectivity index (χ4n) is 3.26. The van der Waals surface area contributed by atoms with Crippen LogP contribution in [0.15, 0.2) is 59.0 Å². The second kappa shape index (κ2) is 8.62. The minimum atomic E-state index is -0.446. The first kappa shape index (κ1) is 20.0. The van der Waals surface area contributed by atoms with Gasteiger partial charge in [0.2, 0.25) is 10.2 Å². The number of aromatic nitrogens is 1. The van der Waals surface area contributed by atoms with Crippen molar-refractivity contribution in [3.8, 4) is 11.5 Å². The standard InChI is InChI=1S/C22H19N3O4S/c1-14-18(23-22(29-14)17-5-3-2-4-6-17)11-12-19(26)16-9-7-15(8-10-16)13-20-21(27)24-25(28)30-20/h2-10,20H,11-13H2,1H3/p+1. The number of benzene rings is 2. The van der Waals surface area contributed by atoms with Gasteiger partial charge in [0.15, 0.2) is 11.0 Å². The summed E-state index contributed by atoms with van der Waals surface area (Å²) >= 11 is 0.921. The van der Waals surface area contributed by atoms with E-state index < -0.39 is 5.25 Å². The molecule has 1 saturated heterocycles. The number of nitroso groups, excluding NO2 is 1. The maximum Gasteiger partial charge on any atom is 0.300 e. The van der Waals surface area contributed by atoms with Crippen LogP contribution >= 0.6 is 11.9 Å². The number of hydrogen-bond acceptors (Lipinski definition) is 6. The molecule has 152 valence electrons. The van der Waals surface area contributed by atoms with E-state index in [9.17, 15) is 14.5 Å². The summed E-state index contributed by atoms with van der Waals surface area (Å²) in [5.41, 5.74) is 5.39. The lowest BCUT2D eigenvalue weighted by Crippen LogP contribution is -2.26. The molecule has 4 rings (SSSR count). The quantitative estimate of drug-likeness (QED) is 0.353. The molecule has 2 heterocycles. The second-order valence-electron chi connectivity index (χ2n) is 7.04. The Bertz CT molecular complexity index is 1090. The Hall–Kier alpha value is -3.26. The third-order valence-electron chi connectivity index (χ3n) is 4.92. The van der Waals surface area contributed by atoms with Gasteiger partial charge in [-0.3, -0.25) is 9.59 Å². The van der Waals surface area contributed by atoms with Gasteiger partial charge >= 0.3 is 0 Å². The monoisotopic (exact) mass is 422 g/mol. The van der Waals surface area contributed by atoms with Crippen LogP contribution in [0.3, 0.4) is 0 Å². The van der Waals surface area contributed by atoms with Crippen LogP contribution in [0.4, 0.5) is 0 Å². The fraction of sp³-hybridized carbons (Fsp3) is 0.227. The van der Waals surface area contributed by atoms with Crippen LogP contribution in [0.5, 0.6) is 0 Å². The normalized spacial score (nSPS) is 16.0. The van der Waals surface area contributed by atoms with Crippen LogP contribution < -0.4 is 5.43 Å². The fourth-order valence-corrected chi connectivity index (χ4v) is 4.05. The molecule has 0 radical (unpaired) electrons. The molecule has 0 bridgehead atoms. The Labute approximate surface area is 177 Å². The largest absolute Gasteiger partial charge is 0.441 e. The van der Waals surface area contributed by atoms with Crippen molar-refractivity contribution in [1.29, 1.82) is 0 Å². The molecule has 1 amide bonds. The molecule has 1 aromatic heterocycles. The van der Waals surface area contributed by atoms with Crippen LogP contribution in [0, 0.1) is 11.8 Å². The highest BCUT2D eigenvalue weighted by molar-refractivity contribution is 7.95. The highest BCUT2D eigenvalue weighted by Gasteiger charge is 2.40. The van der Waals surface area contributed by atoms with E-state index in [-0.39, 0.29) is 11.7 Å². The number of nitrogens with one attached hydrogen (secondary N) is 1. The lowest BCUT2D eigenvalue weighted by atomic mass is 10.0. The van der Waals surface area contributed by atoms with Crippen molar-refractivity contribution in [3.05, 3.63) is 82.1 Å².